The molecule has 172 valence electrons. The van der Waals surface area contributed by atoms with Crippen LogP contribution in [0.1, 0.15) is 43.0 Å². The quantitative estimate of drug-likeness (QED) is 0.450. The fraction of sp³-hybridized carbons (Fsp3) is 0.391. The van der Waals surface area contributed by atoms with Crippen LogP contribution in [0.2, 0.25) is 5.02 Å². The molecule has 3 rings (SSSR count). The van der Waals surface area contributed by atoms with Crippen molar-refractivity contribution in [2.45, 2.75) is 37.5 Å². The van der Waals surface area contributed by atoms with E-state index in [0.717, 1.165) is 12.8 Å². The number of piperidine rings is 1. The van der Waals surface area contributed by atoms with E-state index in [-0.39, 0.29) is 17.3 Å². The predicted molar refractivity (Wildman–Crippen MR) is 123 cm³/mol. The van der Waals surface area contributed by atoms with Crippen molar-refractivity contribution in [2.24, 2.45) is 5.92 Å². The summed E-state index contributed by atoms with van der Waals surface area (Å²) in [5.74, 6) is -1.12. The Morgan fingerprint density at radius 1 is 1.12 bits per heavy atom. The van der Waals surface area contributed by atoms with Gasteiger partial charge >= 0.3 is 5.97 Å². The monoisotopic (exact) mass is 478 g/mol. The van der Waals surface area contributed by atoms with Gasteiger partial charge in [0.05, 0.1) is 23.0 Å². The number of rotatable bonds is 8. The number of anilines is 1. The molecule has 1 atom stereocenters. The smallest absolute Gasteiger partial charge is 0.338 e. The van der Waals surface area contributed by atoms with Crippen LogP contribution in [0.4, 0.5) is 5.69 Å². The molecule has 1 amide bonds. The molecule has 2 aromatic rings. The van der Waals surface area contributed by atoms with E-state index in [9.17, 15) is 18.0 Å². The SMILES string of the molecule is CCCCOC(=O)c1ccc(NC(=O)[C@@H]2CCCN(S(=O)(=O)c3ccc(Cl)cc3)C2)cc1. The number of hydrogen-bond acceptors (Lipinski definition) is 5. The summed E-state index contributed by atoms with van der Waals surface area (Å²) in [5, 5.41) is 3.28. The number of nitrogens with zero attached hydrogens (tertiary/aromatic N) is 1. The van der Waals surface area contributed by atoms with Gasteiger partial charge < -0.3 is 10.1 Å². The van der Waals surface area contributed by atoms with Crippen molar-refractivity contribution in [3.8, 4) is 0 Å². The van der Waals surface area contributed by atoms with Crippen LogP contribution in [-0.2, 0) is 19.6 Å². The first-order chi connectivity index (χ1) is 15.3. The average Bonchev–Trinajstić information content (AvgIpc) is 2.80. The van der Waals surface area contributed by atoms with E-state index in [1.165, 1.54) is 28.6 Å². The number of nitrogens with one attached hydrogen (secondary N) is 1. The fourth-order valence-corrected chi connectivity index (χ4v) is 5.11. The minimum atomic E-state index is -3.70. The normalized spacial score (nSPS) is 17.0. The summed E-state index contributed by atoms with van der Waals surface area (Å²) >= 11 is 5.86. The molecule has 7 nitrogen and oxygen atoms in total. The Morgan fingerprint density at radius 3 is 2.47 bits per heavy atom. The van der Waals surface area contributed by atoms with E-state index in [4.69, 9.17) is 16.3 Å². The van der Waals surface area contributed by atoms with Gasteiger partial charge in [0.15, 0.2) is 0 Å². The zero-order valence-electron chi connectivity index (χ0n) is 17.9. The van der Waals surface area contributed by atoms with Crippen LogP contribution in [0.15, 0.2) is 53.4 Å². The standard InChI is InChI=1S/C23H27ClN2O5S/c1-2-3-15-31-23(28)17-6-10-20(11-7-17)25-22(27)18-5-4-14-26(16-18)32(29,30)21-12-8-19(24)9-13-21/h6-13,18H,2-5,14-16H2,1H3,(H,25,27)/t18-/m1/s1. The average molecular weight is 479 g/mol. The molecule has 0 spiro atoms. The molecule has 0 unspecified atom stereocenters. The Morgan fingerprint density at radius 2 is 1.81 bits per heavy atom. The summed E-state index contributed by atoms with van der Waals surface area (Å²) < 4.78 is 32.4. The van der Waals surface area contributed by atoms with Crippen molar-refractivity contribution in [1.29, 1.82) is 0 Å². The molecular weight excluding hydrogens is 452 g/mol. The summed E-state index contributed by atoms with van der Waals surface area (Å²) in [6.45, 7) is 2.87. The fourth-order valence-electron chi connectivity index (χ4n) is 3.46. The minimum Gasteiger partial charge on any atom is -0.462 e. The van der Waals surface area contributed by atoms with E-state index in [2.05, 4.69) is 5.32 Å². The second kappa shape index (κ2) is 10.9. The Hall–Kier alpha value is -2.42. The van der Waals surface area contributed by atoms with E-state index < -0.39 is 21.9 Å². The van der Waals surface area contributed by atoms with Crippen LogP contribution in [0.5, 0.6) is 0 Å². The molecule has 1 heterocycles. The van der Waals surface area contributed by atoms with Gasteiger partial charge in [-0.05, 0) is 67.8 Å². The highest BCUT2D eigenvalue weighted by molar-refractivity contribution is 7.89. The molecule has 1 saturated heterocycles. The number of carbonyl (C=O) groups is 2. The summed E-state index contributed by atoms with van der Waals surface area (Å²) in [5.41, 5.74) is 0.954. The summed E-state index contributed by atoms with van der Waals surface area (Å²) in [4.78, 5) is 24.9. The molecule has 1 N–H and O–H groups in total. The molecule has 0 bridgehead atoms. The summed E-state index contributed by atoms with van der Waals surface area (Å²) in [6, 6.07) is 12.5. The van der Waals surface area contributed by atoms with Crippen molar-refractivity contribution >= 4 is 39.2 Å². The van der Waals surface area contributed by atoms with Crippen LogP contribution in [-0.4, -0.2) is 44.3 Å². The number of benzene rings is 2. The van der Waals surface area contributed by atoms with Gasteiger partial charge in [-0.1, -0.05) is 24.9 Å². The first kappa shape index (κ1) is 24.2. The van der Waals surface area contributed by atoms with Crippen LogP contribution in [0.25, 0.3) is 0 Å². The Bertz CT molecular complexity index is 1040. The van der Waals surface area contributed by atoms with E-state index >= 15 is 0 Å². The van der Waals surface area contributed by atoms with Gasteiger partial charge in [0.1, 0.15) is 0 Å². The molecule has 1 aliphatic heterocycles. The summed E-state index contributed by atoms with van der Waals surface area (Å²) in [6.07, 6.45) is 2.94. The number of esters is 1. The third-order valence-corrected chi connectivity index (χ3v) is 7.46. The number of hydrogen-bond donors (Lipinski definition) is 1. The van der Waals surface area contributed by atoms with E-state index in [0.29, 0.717) is 42.3 Å². The Kier molecular flexibility index (Phi) is 8.28. The highest BCUT2D eigenvalue weighted by Gasteiger charge is 2.33. The minimum absolute atomic E-state index is 0.110. The lowest BCUT2D eigenvalue weighted by Gasteiger charge is -2.31. The molecule has 0 aliphatic carbocycles. The summed E-state index contributed by atoms with van der Waals surface area (Å²) in [7, 11) is -3.70. The molecule has 9 heteroatoms. The maximum atomic E-state index is 12.9. The van der Waals surface area contributed by atoms with Crippen LogP contribution in [0.3, 0.4) is 0 Å². The van der Waals surface area contributed by atoms with Crippen molar-refractivity contribution in [2.75, 3.05) is 25.0 Å². The van der Waals surface area contributed by atoms with Crippen LogP contribution < -0.4 is 5.32 Å². The molecule has 0 aromatic heterocycles. The van der Waals surface area contributed by atoms with Crippen molar-refractivity contribution in [3.05, 3.63) is 59.1 Å². The maximum absolute atomic E-state index is 12.9. The molecule has 2 aromatic carbocycles. The van der Waals surface area contributed by atoms with Crippen molar-refractivity contribution in [1.82, 2.24) is 4.31 Å². The zero-order valence-corrected chi connectivity index (χ0v) is 19.5. The number of halogens is 1. The van der Waals surface area contributed by atoms with Gasteiger partial charge in [-0.25, -0.2) is 13.2 Å². The van der Waals surface area contributed by atoms with Gasteiger partial charge in [-0.3, -0.25) is 4.79 Å². The molecular formula is C23H27ClN2O5S. The van der Waals surface area contributed by atoms with Crippen molar-refractivity contribution in [3.63, 3.8) is 0 Å². The number of sulfonamides is 1. The maximum Gasteiger partial charge on any atom is 0.338 e. The first-order valence-corrected chi connectivity index (χ1v) is 12.5. The van der Waals surface area contributed by atoms with Gasteiger partial charge in [0.25, 0.3) is 0 Å². The lowest BCUT2D eigenvalue weighted by molar-refractivity contribution is -0.120. The lowest BCUT2D eigenvalue weighted by atomic mass is 9.98. The second-order valence-corrected chi connectivity index (χ2v) is 10.1. The van der Waals surface area contributed by atoms with Crippen molar-refractivity contribution < 1.29 is 22.7 Å². The topological polar surface area (TPSA) is 92.8 Å². The zero-order chi connectivity index (χ0) is 23.1. The van der Waals surface area contributed by atoms with Gasteiger partial charge in [0.2, 0.25) is 15.9 Å². The number of ether oxygens (including phenoxy) is 1. The largest absolute Gasteiger partial charge is 0.462 e. The first-order valence-electron chi connectivity index (χ1n) is 10.6. The molecule has 0 saturated carbocycles. The third-order valence-electron chi connectivity index (χ3n) is 5.33. The molecule has 0 radical (unpaired) electrons. The molecule has 32 heavy (non-hydrogen) atoms. The third kappa shape index (κ3) is 6.09. The Balaban J connectivity index is 1.60. The number of carbonyl (C=O) groups excluding carboxylic acids is 2. The van der Waals surface area contributed by atoms with Gasteiger partial charge in [-0.15, -0.1) is 0 Å². The predicted octanol–water partition coefficient (Wildman–Crippen LogP) is 4.34. The lowest BCUT2D eigenvalue weighted by Crippen LogP contribution is -2.43. The molecule has 1 aliphatic rings. The van der Waals surface area contributed by atoms with Gasteiger partial charge in [-0.2, -0.15) is 4.31 Å². The van der Waals surface area contributed by atoms with Crippen LogP contribution in [0, 0.1) is 5.92 Å². The second-order valence-electron chi connectivity index (χ2n) is 7.71. The van der Waals surface area contributed by atoms with E-state index in [1.54, 1.807) is 24.3 Å². The highest BCUT2D eigenvalue weighted by Crippen LogP contribution is 2.25. The highest BCUT2D eigenvalue weighted by atomic mass is 35.5. The molecule has 1 fully saturated rings. The van der Waals surface area contributed by atoms with Gasteiger partial charge in [0, 0.05) is 23.8 Å². The number of unbranched alkanes of at least 4 members (excludes halogenated alkanes) is 1. The number of amides is 1. The Labute approximate surface area is 193 Å². The van der Waals surface area contributed by atoms with E-state index in [1.807, 2.05) is 6.92 Å². The van der Waals surface area contributed by atoms with Crippen LogP contribution >= 0.6 is 11.6 Å².